The number of carbonyl (C=O) groups excluding carboxylic acids is 1. The van der Waals surface area contributed by atoms with Crippen LogP contribution in [-0.2, 0) is 4.79 Å². The Kier molecular flexibility index (Phi) is 7.10. The van der Waals surface area contributed by atoms with Crippen LogP contribution in [0.2, 0.25) is 5.02 Å². The van der Waals surface area contributed by atoms with Crippen LogP contribution in [0.5, 0.6) is 5.75 Å². The van der Waals surface area contributed by atoms with Gasteiger partial charge in [-0.25, -0.2) is 4.98 Å². The molecule has 2 aromatic carbocycles. The highest BCUT2D eigenvalue weighted by atomic mass is 35.5. The molecule has 0 radical (unpaired) electrons. The summed E-state index contributed by atoms with van der Waals surface area (Å²) in [7, 11) is 1.56. The molecule has 7 nitrogen and oxygen atoms in total. The Labute approximate surface area is 186 Å². The number of methoxy groups -OCH3 is 1. The molecule has 3 N–H and O–H groups in total. The van der Waals surface area contributed by atoms with Crippen molar-refractivity contribution < 1.29 is 9.53 Å². The third-order valence-electron chi connectivity index (χ3n) is 4.48. The van der Waals surface area contributed by atoms with E-state index in [1.807, 2.05) is 18.2 Å². The minimum Gasteiger partial charge on any atom is -0.495 e. The van der Waals surface area contributed by atoms with Crippen molar-refractivity contribution in [3.63, 3.8) is 0 Å². The van der Waals surface area contributed by atoms with E-state index in [4.69, 9.17) is 16.3 Å². The molecule has 31 heavy (non-hydrogen) atoms. The van der Waals surface area contributed by atoms with Crippen LogP contribution in [0.4, 0.5) is 28.8 Å². The van der Waals surface area contributed by atoms with Gasteiger partial charge in [-0.1, -0.05) is 50.2 Å². The first-order valence-corrected chi connectivity index (χ1v) is 10.1. The topological polar surface area (TPSA) is 88.2 Å². The molecule has 0 bridgehead atoms. The van der Waals surface area contributed by atoms with E-state index in [1.54, 1.807) is 25.3 Å². The van der Waals surface area contributed by atoms with Crippen molar-refractivity contribution in [3.05, 3.63) is 71.9 Å². The third-order valence-corrected chi connectivity index (χ3v) is 4.76. The quantitative estimate of drug-likeness (QED) is 0.382. The monoisotopic (exact) mass is 437 g/mol. The lowest BCUT2D eigenvalue weighted by Crippen LogP contribution is -2.08. The number of anilines is 5. The fraction of sp³-hybridized carbons (Fsp3) is 0.174. The van der Waals surface area contributed by atoms with Gasteiger partial charge in [0, 0.05) is 11.4 Å². The maximum atomic E-state index is 11.6. The molecule has 3 rings (SSSR count). The SMILES string of the molecule is C=CC(=O)Nc1ccc(OC)c(Nc2ncc(Cl)c(Nc3ccccc3C(C)C)n2)c1. The predicted molar refractivity (Wildman–Crippen MR) is 126 cm³/mol. The molecule has 0 fully saturated rings. The first-order chi connectivity index (χ1) is 14.9. The Balaban J connectivity index is 1.89. The van der Waals surface area contributed by atoms with Crippen LogP contribution in [0, 0.1) is 0 Å². The minimum absolute atomic E-state index is 0.311. The zero-order valence-electron chi connectivity index (χ0n) is 17.6. The Hall–Kier alpha value is -3.58. The van der Waals surface area contributed by atoms with Gasteiger partial charge in [-0.3, -0.25) is 4.79 Å². The fourth-order valence-corrected chi connectivity index (χ4v) is 3.09. The molecule has 1 heterocycles. The highest BCUT2D eigenvalue weighted by Crippen LogP contribution is 2.32. The lowest BCUT2D eigenvalue weighted by molar-refractivity contribution is -0.111. The van der Waals surface area contributed by atoms with Gasteiger partial charge in [0.25, 0.3) is 0 Å². The average molecular weight is 438 g/mol. The second-order valence-electron chi connectivity index (χ2n) is 6.99. The number of ether oxygens (including phenoxy) is 1. The minimum atomic E-state index is -0.311. The highest BCUT2D eigenvalue weighted by Gasteiger charge is 2.12. The standard InChI is InChI=1S/C23H24ClN5O2/c1-5-21(30)26-15-10-11-20(31-4)19(12-15)28-23-25-13-17(24)22(29-23)27-18-9-7-6-8-16(18)14(2)3/h5-14H,1H2,2-4H3,(H,26,30)(H2,25,27,28,29). The summed E-state index contributed by atoms with van der Waals surface area (Å²) in [6, 6.07) is 13.2. The summed E-state index contributed by atoms with van der Waals surface area (Å²) in [6.45, 7) is 7.71. The number of hydrogen-bond acceptors (Lipinski definition) is 6. The van der Waals surface area contributed by atoms with Crippen molar-refractivity contribution in [2.75, 3.05) is 23.1 Å². The van der Waals surface area contributed by atoms with Gasteiger partial charge in [-0.05, 0) is 41.8 Å². The van der Waals surface area contributed by atoms with Crippen molar-refractivity contribution in [2.45, 2.75) is 19.8 Å². The summed E-state index contributed by atoms with van der Waals surface area (Å²) < 4.78 is 5.40. The molecule has 8 heteroatoms. The van der Waals surface area contributed by atoms with Gasteiger partial charge in [0.1, 0.15) is 10.8 Å². The summed E-state index contributed by atoms with van der Waals surface area (Å²) in [6.07, 6.45) is 2.72. The normalized spacial score (nSPS) is 10.5. The third kappa shape index (κ3) is 5.52. The molecule has 0 aliphatic heterocycles. The summed E-state index contributed by atoms with van der Waals surface area (Å²) in [4.78, 5) is 20.4. The molecule has 0 atom stereocenters. The Morgan fingerprint density at radius 1 is 1.16 bits per heavy atom. The molecular formula is C23H24ClN5O2. The van der Waals surface area contributed by atoms with E-state index in [1.165, 1.54) is 12.3 Å². The molecule has 0 saturated carbocycles. The number of para-hydroxylation sites is 1. The maximum Gasteiger partial charge on any atom is 0.247 e. The molecule has 1 aromatic heterocycles. The van der Waals surface area contributed by atoms with Gasteiger partial charge in [-0.2, -0.15) is 4.98 Å². The number of aromatic nitrogens is 2. The van der Waals surface area contributed by atoms with Crippen LogP contribution in [0.1, 0.15) is 25.3 Å². The molecule has 0 saturated heterocycles. The molecule has 160 valence electrons. The Morgan fingerprint density at radius 3 is 2.65 bits per heavy atom. The van der Waals surface area contributed by atoms with Crippen LogP contribution in [0.25, 0.3) is 0 Å². The number of nitrogens with one attached hydrogen (secondary N) is 3. The van der Waals surface area contributed by atoms with Gasteiger partial charge in [0.2, 0.25) is 11.9 Å². The van der Waals surface area contributed by atoms with Crippen molar-refractivity contribution in [1.29, 1.82) is 0 Å². The number of rotatable bonds is 8. The van der Waals surface area contributed by atoms with Crippen molar-refractivity contribution in [3.8, 4) is 5.75 Å². The predicted octanol–water partition coefficient (Wildman–Crippen LogP) is 5.87. The van der Waals surface area contributed by atoms with Crippen LogP contribution < -0.4 is 20.7 Å². The van der Waals surface area contributed by atoms with Gasteiger partial charge in [0.15, 0.2) is 5.82 Å². The number of halogens is 1. The smallest absolute Gasteiger partial charge is 0.247 e. The summed E-state index contributed by atoms with van der Waals surface area (Å²) in [5.41, 5.74) is 3.24. The van der Waals surface area contributed by atoms with Gasteiger partial charge in [0.05, 0.1) is 19.0 Å². The first-order valence-electron chi connectivity index (χ1n) is 9.68. The van der Waals surface area contributed by atoms with Gasteiger partial charge >= 0.3 is 0 Å². The van der Waals surface area contributed by atoms with Crippen LogP contribution in [0.15, 0.2) is 61.3 Å². The molecular weight excluding hydrogens is 414 g/mol. The second-order valence-corrected chi connectivity index (χ2v) is 7.40. The van der Waals surface area contributed by atoms with E-state index in [9.17, 15) is 4.79 Å². The van der Waals surface area contributed by atoms with Gasteiger partial charge in [-0.15, -0.1) is 0 Å². The van der Waals surface area contributed by atoms with Crippen LogP contribution in [-0.4, -0.2) is 23.0 Å². The zero-order valence-corrected chi connectivity index (χ0v) is 18.3. The fourth-order valence-electron chi connectivity index (χ4n) is 2.95. The lowest BCUT2D eigenvalue weighted by Gasteiger charge is -2.16. The highest BCUT2D eigenvalue weighted by molar-refractivity contribution is 6.32. The van der Waals surface area contributed by atoms with E-state index in [-0.39, 0.29) is 5.91 Å². The Morgan fingerprint density at radius 2 is 1.94 bits per heavy atom. The molecule has 0 aliphatic carbocycles. The number of amides is 1. The molecule has 0 spiro atoms. The number of benzene rings is 2. The molecule has 3 aromatic rings. The molecule has 0 unspecified atom stereocenters. The van der Waals surface area contributed by atoms with Crippen molar-refractivity contribution >= 4 is 46.3 Å². The number of nitrogens with zero attached hydrogens (tertiary/aromatic N) is 2. The van der Waals surface area contributed by atoms with E-state index in [2.05, 4.69) is 52.4 Å². The second kappa shape index (κ2) is 9.95. The van der Waals surface area contributed by atoms with Gasteiger partial charge < -0.3 is 20.7 Å². The number of hydrogen-bond donors (Lipinski definition) is 3. The van der Waals surface area contributed by atoms with Crippen LogP contribution >= 0.6 is 11.6 Å². The Bertz CT molecular complexity index is 1100. The van der Waals surface area contributed by atoms with E-state index < -0.39 is 0 Å². The number of carbonyl (C=O) groups is 1. The molecule has 0 aliphatic rings. The summed E-state index contributed by atoms with van der Waals surface area (Å²) in [5, 5.41) is 9.53. The lowest BCUT2D eigenvalue weighted by atomic mass is 10.0. The zero-order chi connectivity index (χ0) is 22.4. The van der Waals surface area contributed by atoms with E-state index in [0.717, 1.165) is 11.3 Å². The van der Waals surface area contributed by atoms with E-state index in [0.29, 0.717) is 39.8 Å². The summed E-state index contributed by atoms with van der Waals surface area (Å²) in [5.74, 6) is 1.38. The average Bonchev–Trinajstić information content (AvgIpc) is 2.76. The molecule has 1 amide bonds. The largest absolute Gasteiger partial charge is 0.495 e. The van der Waals surface area contributed by atoms with Crippen molar-refractivity contribution in [2.24, 2.45) is 0 Å². The van der Waals surface area contributed by atoms with E-state index >= 15 is 0 Å². The first kappa shape index (κ1) is 22.1. The van der Waals surface area contributed by atoms with Crippen LogP contribution in [0.3, 0.4) is 0 Å². The van der Waals surface area contributed by atoms with Crippen molar-refractivity contribution in [1.82, 2.24) is 9.97 Å². The maximum absolute atomic E-state index is 11.6. The summed E-state index contributed by atoms with van der Waals surface area (Å²) >= 11 is 6.34.